The zero-order valence-corrected chi connectivity index (χ0v) is 16.2. The molecule has 1 unspecified atom stereocenters. The second kappa shape index (κ2) is 10.6. The van der Waals surface area contributed by atoms with E-state index in [2.05, 4.69) is 21.5 Å². The summed E-state index contributed by atoms with van der Waals surface area (Å²) >= 11 is 10.7. The monoisotopic (exact) mass is 408 g/mol. The average molecular weight is 409 g/mol. The number of carbonyl (C=O) groups is 1. The molecule has 7 nitrogen and oxygen atoms in total. The van der Waals surface area contributed by atoms with Gasteiger partial charge in [0, 0.05) is 17.9 Å². The number of aliphatic hydroxyl groups is 1. The van der Waals surface area contributed by atoms with Crippen molar-refractivity contribution in [3.63, 3.8) is 0 Å². The first-order valence-electron chi connectivity index (χ1n) is 8.11. The highest BCUT2D eigenvalue weighted by molar-refractivity contribution is 7.80. The van der Waals surface area contributed by atoms with Crippen LogP contribution in [-0.4, -0.2) is 41.8 Å². The number of ether oxygens (including phenoxy) is 1. The number of alkyl halides is 1. The molecule has 2 aromatic rings. The van der Waals surface area contributed by atoms with E-state index in [0.717, 1.165) is 11.4 Å². The second-order valence-corrected chi connectivity index (χ2v) is 6.21. The number of nitrogens with one attached hydrogen (secondary N) is 4. The Balaban J connectivity index is 1.90. The van der Waals surface area contributed by atoms with Gasteiger partial charge in [0.05, 0.1) is 24.7 Å². The van der Waals surface area contributed by atoms with Gasteiger partial charge in [-0.1, -0.05) is 12.1 Å². The van der Waals surface area contributed by atoms with Gasteiger partial charge >= 0.3 is 0 Å². The topological polar surface area (TPSA) is 94.7 Å². The molecule has 0 aromatic heterocycles. The number of amides is 1. The largest absolute Gasteiger partial charge is 0.497 e. The molecule has 27 heavy (non-hydrogen) atoms. The maximum Gasteiger partial charge on any atom is 0.271 e. The van der Waals surface area contributed by atoms with Gasteiger partial charge in [0.2, 0.25) is 0 Å². The molecule has 1 amide bonds. The minimum atomic E-state index is -0.706. The van der Waals surface area contributed by atoms with E-state index in [1.807, 2.05) is 0 Å². The number of methoxy groups -OCH3 is 1. The van der Waals surface area contributed by atoms with Crippen molar-refractivity contribution in [2.75, 3.05) is 30.2 Å². The quantitative estimate of drug-likeness (QED) is 0.272. The summed E-state index contributed by atoms with van der Waals surface area (Å²) in [5.74, 6) is 0.460. The van der Waals surface area contributed by atoms with Gasteiger partial charge in [-0.2, -0.15) is 0 Å². The summed E-state index contributed by atoms with van der Waals surface area (Å²) in [7, 11) is 1.59. The molecular formula is C18H21ClN4O3S. The summed E-state index contributed by atoms with van der Waals surface area (Å²) < 4.78 is 5.09. The molecule has 1 atom stereocenters. The first kappa shape index (κ1) is 20.8. The van der Waals surface area contributed by atoms with E-state index < -0.39 is 6.10 Å². The normalized spacial score (nSPS) is 11.2. The Hall–Kier alpha value is -2.55. The third-order valence-corrected chi connectivity index (χ3v) is 4.08. The van der Waals surface area contributed by atoms with Crippen LogP contribution in [0.3, 0.4) is 0 Å². The number of hydrogen-bond acceptors (Lipinski definition) is 5. The number of hydrazine groups is 1. The van der Waals surface area contributed by atoms with Crippen LogP contribution in [0.15, 0.2) is 48.5 Å². The zero-order valence-electron chi connectivity index (χ0n) is 14.7. The van der Waals surface area contributed by atoms with Crippen LogP contribution in [0.25, 0.3) is 0 Å². The van der Waals surface area contributed by atoms with Crippen LogP contribution >= 0.6 is 23.8 Å². The van der Waals surface area contributed by atoms with E-state index in [-0.39, 0.29) is 23.4 Å². The highest BCUT2D eigenvalue weighted by Gasteiger charge is 2.12. The van der Waals surface area contributed by atoms with E-state index in [4.69, 9.17) is 28.6 Å². The lowest BCUT2D eigenvalue weighted by Gasteiger charge is -2.15. The Morgan fingerprint density at radius 2 is 1.89 bits per heavy atom. The van der Waals surface area contributed by atoms with Crippen LogP contribution in [0.5, 0.6) is 5.75 Å². The zero-order chi connectivity index (χ0) is 19.6. The van der Waals surface area contributed by atoms with Gasteiger partial charge in [0.1, 0.15) is 5.75 Å². The number of benzene rings is 2. The number of hydrogen-bond donors (Lipinski definition) is 5. The molecule has 0 saturated heterocycles. The molecule has 9 heteroatoms. The Labute approximate surface area is 168 Å². The second-order valence-electron chi connectivity index (χ2n) is 5.50. The number of anilines is 2. The lowest BCUT2D eigenvalue weighted by Crippen LogP contribution is -2.44. The first-order valence-corrected chi connectivity index (χ1v) is 9.06. The third-order valence-electron chi connectivity index (χ3n) is 3.52. The maximum atomic E-state index is 12.4. The number of rotatable bonds is 7. The Kier molecular flexibility index (Phi) is 8.12. The molecule has 0 radical (unpaired) electrons. The van der Waals surface area contributed by atoms with Gasteiger partial charge in [-0.25, -0.2) is 0 Å². The van der Waals surface area contributed by atoms with Crippen molar-refractivity contribution in [2.24, 2.45) is 0 Å². The smallest absolute Gasteiger partial charge is 0.271 e. The average Bonchev–Trinajstić information content (AvgIpc) is 2.71. The summed E-state index contributed by atoms with van der Waals surface area (Å²) in [6.07, 6.45) is -0.706. The third kappa shape index (κ3) is 6.59. The predicted molar refractivity (Wildman–Crippen MR) is 111 cm³/mol. The SMILES string of the molecule is COc1ccc(NC(=S)NNC(=O)c2ccccc2NCC(O)CCl)cc1. The van der Waals surface area contributed by atoms with Crippen molar-refractivity contribution in [3.05, 3.63) is 54.1 Å². The number of aliphatic hydroxyl groups excluding tert-OH is 1. The first-order chi connectivity index (χ1) is 13.0. The summed E-state index contributed by atoms with van der Waals surface area (Å²) in [6.45, 7) is 0.235. The highest BCUT2D eigenvalue weighted by Crippen LogP contribution is 2.16. The van der Waals surface area contributed by atoms with Crippen molar-refractivity contribution in [1.82, 2.24) is 10.9 Å². The van der Waals surface area contributed by atoms with Crippen LogP contribution < -0.4 is 26.2 Å². The van der Waals surface area contributed by atoms with E-state index in [0.29, 0.717) is 11.3 Å². The molecule has 2 aromatic carbocycles. The summed E-state index contributed by atoms with van der Waals surface area (Å²) in [5.41, 5.74) is 6.92. The number of halogens is 1. The number of thiocarbonyl (C=S) groups is 1. The molecule has 5 N–H and O–H groups in total. The molecule has 0 aliphatic carbocycles. The summed E-state index contributed by atoms with van der Waals surface area (Å²) in [4.78, 5) is 12.4. The van der Waals surface area contributed by atoms with Crippen LogP contribution in [0, 0.1) is 0 Å². The lowest BCUT2D eigenvalue weighted by molar-refractivity contribution is 0.0945. The fraction of sp³-hybridized carbons (Fsp3) is 0.222. The van der Waals surface area contributed by atoms with E-state index in [1.165, 1.54) is 0 Å². The molecule has 0 heterocycles. The van der Waals surface area contributed by atoms with Crippen molar-refractivity contribution in [2.45, 2.75) is 6.10 Å². The molecule has 0 bridgehead atoms. The van der Waals surface area contributed by atoms with Crippen LogP contribution in [0.2, 0.25) is 0 Å². The Bertz CT molecular complexity index is 773. The minimum absolute atomic E-state index is 0.105. The molecule has 0 spiro atoms. The van der Waals surface area contributed by atoms with Gasteiger partial charge < -0.3 is 20.5 Å². The van der Waals surface area contributed by atoms with Gasteiger partial charge in [0.25, 0.3) is 5.91 Å². The number of para-hydroxylation sites is 1. The van der Waals surface area contributed by atoms with Gasteiger partial charge in [-0.3, -0.25) is 15.6 Å². The molecule has 0 aliphatic rings. The predicted octanol–water partition coefficient (Wildman–Crippen LogP) is 2.34. The van der Waals surface area contributed by atoms with Crippen molar-refractivity contribution < 1.29 is 14.6 Å². The standard InChI is InChI=1S/C18H21ClN4O3S/c1-26-14-8-6-12(7-9-14)21-18(27)23-22-17(25)15-4-2-3-5-16(15)20-11-13(24)10-19/h2-9,13,20,24H,10-11H2,1H3,(H,22,25)(H2,21,23,27). The fourth-order valence-corrected chi connectivity index (χ4v) is 2.41. The van der Waals surface area contributed by atoms with Crippen LogP contribution in [0.4, 0.5) is 11.4 Å². The summed E-state index contributed by atoms with van der Waals surface area (Å²) in [5, 5.41) is 15.7. The number of carbonyl (C=O) groups excluding carboxylic acids is 1. The van der Waals surface area contributed by atoms with Crippen molar-refractivity contribution >= 4 is 46.2 Å². The van der Waals surface area contributed by atoms with Crippen molar-refractivity contribution in [1.29, 1.82) is 0 Å². The van der Waals surface area contributed by atoms with Crippen molar-refractivity contribution in [3.8, 4) is 5.75 Å². The van der Waals surface area contributed by atoms with E-state index >= 15 is 0 Å². The molecule has 0 fully saturated rings. The molecule has 2 rings (SSSR count). The van der Waals surface area contributed by atoms with Crippen LogP contribution in [0.1, 0.15) is 10.4 Å². The maximum absolute atomic E-state index is 12.4. The molecule has 144 valence electrons. The Morgan fingerprint density at radius 1 is 1.19 bits per heavy atom. The molecular weight excluding hydrogens is 388 g/mol. The molecule has 0 aliphatic heterocycles. The Morgan fingerprint density at radius 3 is 2.56 bits per heavy atom. The molecule has 0 saturated carbocycles. The van der Waals surface area contributed by atoms with E-state index in [9.17, 15) is 9.90 Å². The fourth-order valence-electron chi connectivity index (χ4n) is 2.14. The van der Waals surface area contributed by atoms with Gasteiger partial charge in [-0.15, -0.1) is 11.6 Å². The van der Waals surface area contributed by atoms with Crippen LogP contribution in [-0.2, 0) is 0 Å². The highest BCUT2D eigenvalue weighted by atomic mass is 35.5. The van der Waals surface area contributed by atoms with E-state index in [1.54, 1.807) is 55.6 Å². The lowest BCUT2D eigenvalue weighted by atomic mass is 10.1. The van der Waals surface area contributed by atoms with Gasteiger partial charge in [-0.05, 0) is 48.6 Å². The van der Waals surface area contributed by atoms with Gasteiger partial charge in [0.15, 0.2) is 5.11 Å². The summed E-state index contributed by atoms with van der Waals surface area (Å²) in [6, 6.07) is 14.1. The minimum Gasteiger partial charge on any atom is -0.497 e.